The fourth-order valence-corrected chi connectivity index (χ4v) is 4.28. The average Bonchev–Trinajstić information content (AvgIpc) is 2.96. The Morgan fingerprint density at radius 2 is 2.00 bits per heavy atom. The Morgan fingerprint density at radius 3 is 2.62 bits per heavy atom. The summed E-state index contributed by atoms with van der Waals surface area (Å²) in [5, 5.41) is 3.05. The molecular weight excluding hydrogens is 288 g/mol. The van der Waals surface area contributed by atoms with Gasteiger partial charge in [0.1, 0.15) is 5.75 Å². The number of nitrogens with one attached hydrogen (secondary N) is 2. The van der Waals surface area contributed by atoms with Gasteiger partial charge in [-0.25, -0.2) is 13.1 Å². The van der Waals surface area contributed by atoms with Crippen molar-refractivity contribution in [1.29, 1.82) is 0 Å². The van der Waals surface area contributed by atoms with Gasteiger partial charge in [-0.1, -0.05) is 12.8 Å². The summed E-state index contributed by atoms with van der Waals surface area (Å²) in [6.07, 6.45) is 4.71. The molecule has 0 saturated heterocycles. The minimum absolute atomic E-state index is 0.0780. The van der Waals surface area contributed by atoms with Crippen LogP contribution >= 0.6 is 0 Å². The lowest BCUT2D eigenvalue weighted by atomic mass is 10.1. The largest absolute Gasteiger partial charge is 0.497 e. The molecule has 1 saturated carbocycles. The second-order valence-corrected chi connectivity index (χ2v) is 7.11. The number of sulfonamides is 1. The third kappa shape index (κ3) is 4.18. The molecule has 2 rings (SSSR count). The zero-order chi connectivity index (χ0) is 15.3. The van der Waals surface area contributed by atoms with Crippen LogP contribution in [0.5, 0.6) is 5.75 Å². The Balaban J connectivity index is 2.26. The number of methoxy groups -OCH3 is 1. The van der Waals surface area contributed by atoms with Crippen LogP contribution in [0.3, 0.4) is 0 Å². The molecule has 1 aromatic carbocycles. The van der Waals surface area contributed by atoms with Gasteiger partial charge in [-0.2, -0.15) is 0 Å². The van der Waals surface area contributed by atoms with Gasteiger partial charge in [0.15, 0.2) is 0 Å². The molecule has 6 heteroatoms. The predicted molar refractivity (Wildman–Crippen MR) is 83.2 cm³/mol. The van der Waals surface area contributed by atoms with E-state index in [1.54, 1.807) is 25.3 Å². The van der Waals surface area contributed by atoms with Gasteiger partial charge in [-0.3, -0.25) is 0 Å². The quantitative estimate of drug-likeness (QED) is 0.804. The van der Waals surface area contributed by atoms with Gasteiger partial charge in [0.2, 0.25) is 10.0 Å². The molecule has 0 heterocycles. The Hall–Kier alpha value is -1.11. The van der Waals surface area contributed by atoms with Crippen LogP contribution in [0.4, 0.5) is 0 Å². The summed E-state index contributed by atoms with van der Waals surface area (Å²) in [6.45, 7) is 0.721. The molecule has 1 aromatic rings. The van der Waals surface area contributed by atoms with Crippen LogP contribution in [-0.2, 0) is 16.4 Å². The van der Waals surface area contributed by atoms with Crippen LogP contribution in [0, 0.1) is 0 Å². The molecular formula is C15H24N2O3S. The van der Waals surface area contributed by atoms with Crippen molar-refractivity contribution in [3.63, 3.8) is 0 Å². The van der Waals surface area contributed by atoms with E-state index in [0.29, 0.717) is 17.1 Å². The number of hydrogen-bond acceptors (Lipinski definition) is 4. The van der Waals surface area contributed by atoms with Crippen molar-refractivity contribution < 1.29 is 13.2 Å². The molecule has 21 heavy (non-hydrogen) atoms. The van der Waals surface area contributed by atoms with Crippen LogP contribution in [0.2, 0.25) is 0 Å². The summed E-state index contributed by atoms with van der Waals surface area (Å²) < 4.78 is 33.2. The van der Waals surface area contributed by atoms with Crippen molar-refractivity contribution >= 4 is 10.0 Å². The van der Waals surface area contributed by atoms with Crippen LogP contribution in [-0.4, -0.2) is 35.2 Å². The molecule has 1 fully saturated rings. The summed E-state index contributed by atoms with van der Waals surface area (Å²) in [5.74, 6) is 0.681. The van der Waals surface area contributed by atoms with Crippen molar-refractivity contribution in [2.24, 2.45) is 0 Å². The normalized spacial score (nSPS) is 16.3. The van der Waals surface area contributed by atoms with Gasteiger partial charge in [0, 0.05) is 6.04 Å². The van der Waals surface area contributed by atoms with Crippen LogP contribution in [0.1, 0.15) is 31.2 Å². The fourth-order valence-electron chi connectivity index (χ4n) is 2.73. The number of rotatable bonds is 7. The van der Waals surface area contributed by atoms with Crippen molar-refractivity contribution in [2.75, 3.05) is 20.7 Å². The van der Waals surface area contributed by atoms with Gasteiger partial charge in [0.25, 0.3) is 0 Å². The number of ether oxygens (including phenoxy) is 1. The third-order valence-corrected chi connectivity index (χ3v) is 5.50. The zero-order valence-corrected chi connectivity index (χ0v) is 13.5. The molecule has 0 bridgehead atoms. The van der Waals surface area contributed by atoms with Crippen LogP contribution < -0.4 is 14.8 Å². The molecule has 0 radical (unpaired) electrons. The van der Waals surface area contributed by atoms with E-state index in [0.717, 1.165) is 37.8 Å². The Bertz CT molecular complexity index is 566. The van der Waals surface area contributed by atoms with Gasteiger partial charge in [0.05, 0.1) is 12.0 Å². The van der Waals surface area contributed by atoms with Crippen molar-refractivity contribution in [2.45, 2.75) is 43.0 Å². The summed E-state index contributed by atoms with van der Waals surface area (Å²) in [7, 11) is -0.0253. The average molecular weight is 312 g/mol. The highest BCUT2D eigenvalue weighted by Gasteiger charge is 2.25. The third-order valence-electron chi connectivity index (χ3n) is 3.88. The molecule has 2 N–H and O–H groups in total. The molecule has 1 aliphatic rings. The number of hydrogen-bond donors (Lipinski definition) is 2. The van der Waals surface area contributed by atoms with E-state index >= 15 is 0 Å². The minimum Gasteiger partial charge on any atom is -0.497 e. The Morgan fingerprint density at radius 1 is 1.29 bits per heavy atom. The standard InChI is InChI=1S/C15H24N2O3S/c1-16-10-9-12-11-14(20-2)7-8-15(12)21(18,19)17-13-5-3-4-6-13/h7-8,11,13,16-17H,3-6,9-10H2,1-2H3. The highest BCUT2D eigenvalue weighted by molar-refractivity contribution is 7.89. The SMILES string of the molecule is CNCCc1cc(OC)ccc1S(=O)(=O)NC1CCCC1. The first-order chi connectivity index (χ1) is 10.1. The molecule has 5 nitrogen and oxygen atoms in total. The zero-order valence-electron chi connectivity index (χ0n) is 12.7. The molecule has 0 amide bonds. The van der Waals surface area contributed by atoms with Gasteiger partial charge in [-0.05, 0) is 56.6 Å². The smallest absolute Gasteiger partial charge is 0.241 e. The maximum Gasteiger partial charge on any atom is 0.241 e. The van der Waals surface area contributed by atoms with E-state index in [1.807, 2.05) is 7.05 Å². The second-order valence-electron chi connectivity index (χ2n) is 5.43. The topological polar surface area (TPSA) is 67.4 Å². The van der Waals surface area contributed by atoms with Gasteiger partial charge >= 0.3 is 0 Å². The van der Waals surface area contributed by atoms with Crippen molar-refractivity contribution in [1.82, 2.24) is 10.0 Å². The van der Waals surface area contributed by atoms with Gasteiger partial charge in [-0.15, -0.1) is 0 Å². The Kier molecular flexibility index (Phi) is 5.61. The summed E-state index contributed by atoms with van der Waals surface area (Å²) >= 11 is 0. The lowest BCUT2D eigenvalue weighted by Gasteiger charge is -2.16. The molecule has 0 aromatic heterocycles. The van der Waals surface area contributed by atoms with Crippen molar-refractivity contribution in [3.8, 4) is 5.75 Å². The monoisotopic (exact) mass is 312 g/mol. The molecule has 1 aliphatic carbocycles. The molecule has 0 atom stereocenters. The highest BCUT2D eigenvalue weighted by Crippen LogP contribution is 2.25. The molecule has 0 unspecified atom stereocenters. The summed E-state index contributed by atoms with van der Waals surface area (Å²) in [5.41, 5.74) is 0.786. The maximum atomic E-state index is 12.6. The van der Waals surface area contributed by atoms with E-state index in [9.17, 15) is 8.42 Å². The minimum atomic E-state index is -3.46. The van der Waals surface area contributed by atoms with E-state index < -0.39 is 10.0 Å². The van der Waals surface area contributed by atoms with E-state index in [4.69, 9.17) is 4.74 Å². The first kappa shape index (κ1) is 16.3. The summed E-state index contributed by atoms with van der Waals surface area (Å²) in [6, 6.07) is 5.22. The van der Waals surface area contributed by atoms with E-state index in [2.05, 4.69) is 10.0 Å². The molecule has 0 aliphatic heterocycles. The summed E-state index contributed by atoms with van der Waals surface area (Å²) in [4.78, 5) is 0.366. The molecule has 0 spiro atoms. The highest BCUT2D eigenvalue weighted by atomic mass is 32.2. The van der Waals surface area contributed by atoms with Gasteiger partial charge < -0.3 is 10.1 Å². The second kappa shape index (κ2) is 7.24. The maximum absolute atomic E-state index is 12.6. The number of likely N-dealkylation sites (N-methyl/N-ethyl adjacent to an activating group) is 1. The number of benzene rings is 1. The van der Waals surface area contributed by atoms with E-state index in [-0.39, 0.29) is 6.04 Å². The van der Waals surface area contributed by atoms with Crippen molar-refractivity contribution in [3.05, 3.63) is 23.8 Å². The lowest BCUT2D eigenvalue weighted by Crippen LogP contribution is -2.33. The predicted octanol–water partition coefficient (Wildman–Crippen LogP) is 1.68. The Labute approximate surface area is 127 Å². The van der Waals surface area contributed by atoms with Crippen LogP contribution in [0.15, 0.2) is 23.1 Å². The first-order valence-corrected chi connectivity index (χ1v) is 8.89. The lowest BCUT2D eigenvalue weighted by molar-refractivity contribution is 0.413. The van der Waals surface area contributed by atoms with Crippen LogP contribution in [0.25, 0.3) is 0 Å². The molecule has 118 valence electrons. The fraction of sp³-hybridized carbons (Fsp3) is 0.600. The first-order valence-electron chi connectivity index (χ1n) is 7.40. The van der Waals surface area contributed by atoms with E-state index in [1.165, 1.54) is 0 Å².